The van der Waals surface area contributed by atoms with Gasteiger partial charge in [-0.2, -0.15) is 0 Å². The second-order valence-electron chi connectivity index (χ2n) is 5.67. The first-order chi connectivity index (χ1) is 11.7. The minimum absolute atomic E-state index is 0. The number of unbranched alkanes of at least 4 members (excludes halogenated alkanes) is 1. The van der Waals surface area contributed by atoms with Crippen LogP contribution in [0, 0.1) is 13.8 Å². The highest BCUT2D eigenvalue weighted by atomic mass is 127. The molecule has 0 spiro atoms. The van der Waals surface area contributed by atoms with Gasteiger partial charge in [-0.3, -0.25) is 4.99 Å². The fourth-order valence-electron chi connectivity index (χ4n) is 2.40. The number of imidazole rings is 1. The average molecular weight is 476 g/mol. The summed E-state index contributed by atoms with van der Waals surface area (Å²) in [5.74, 6) is 1.97. The van der Waals surface area contributed by atoms with E-state index in [2.05, 4.69) is 42.5 Å². The molecule has 0 bridgehead atoms. The third-order valence-corrected chi connectivity index (χ3v) is 4.51. The van der Waals surface area contributed by atoms with E-state index in [0.29, 0.717) is 0 Å². The first-order valence-corrected chi connectivity index (χ1v) is 9.48. The molecule has 0 saturated carbocycles. The number of aryl methyl sites for hydroxylation is 3. The predicted octanol–water partition coefficient (Wildman–Crippen LogP) is 3.15. The van der Waals surface area contributed by atoms with Crippen molar-refractivity contribution < 1.29 is 0 Å². The van der Waals surface area contributed by atoms with Crippen LogP contribution in [0.15, 0.2) is 22.8 Å². The van der Waals surface area contributed by atoms with Gasteiger partial charge in [0.2, 0.25) is 0 Å². The Morgan fingerprint density at radius 2 is 2.12 bits per heavy atom. The zero-order valence-electron chi connectivity index (χ0n) is 15.3. The molecule has 0 unspecified atom stereocenters. The van der Waals surface area contributed by atoms with Crippen molar-refractivity contribution in [1.82, 2.24) is 25.2 Å². The third-order valence-electron chi connectivity index (χ3n) is 3.69. The average Bonchev–Trinajstić information content (AvgIpc) is 3.15. The van der Waals surface area contributed by atoms with Gasteiger partial charge in [-0.15, -0.1) is 35.3 Å². The first kappa shape index (κ1) is 21.9. The lowest BCUT2D eigenvalue weighted by atomic mass is 10.3. The predicted molar refractivity (Wildman–Crippen MR) is 116 cm³/mol. The number of aliphatic imine (C=N–C) groups is 1. The summed E-state index contributed by atoms with van der Waals surface area (Å²) in [4.78, 5) is 13.4. The van der Waals surface area contributed by atoms with E-state index in [-0.39, 0.29) is 24.0 Å². The Bertz CT molecular complexity index is 637. The second-order valence-corrected chi connectivity index (χ2v) is 6.73. The van der Waals surface area contributed by atoms with E-state index in [9.17, 15) is 0 Å². The lowest BCUT2D eigenvalue weighted by molar-refractivity contribution is 0.600. The Kier molecular flexibility index (Phi) is 10.7. The van der Waals surface area contributed by atoms with Crippen LogP contribution < -0.4 is 10.6 Å². The van der Waals surface area contributed by atoms with Crippen molar-refractivity contribution in [2.75, 3.05) is 19.6 Å². The zero-order valence-corrected chi connectivity index (χ0v) is 18.4. The molecular formula is C17H29IN6S. The molecule has 2 N–H and O–H groups in total. The van der Waals surface area contributed by atoms with E-state index in [1.54, 1.807) is 11.3 Å². The molecule has 0 atom stereocenters. The number of hydrogen-bond donors (Lipinski definition) is 2. The summed E-state index contributed by atoms with van der Waals surface area (Å²) in [5.41, 5.74) is 1.15. The van der Waals surface area contributed by atoms with Crippen LogP contribution in [0.1, 0.15) is 36.3 Å². The van der Waals surface area contributed by atoms with E-state index in [4.69, 9.17) is 0 Å². The fraction of sp³-hybridized carbons (Fsp3) is 0.588. The lowest BCUT2D eigenvalue weighted by Crippen LogP contribution is -2.38. The highest BCUT2D eigenvalue weighted by molar-refractivity contribution is 14.0. The maximum absolute atomic E-state index is 4.64. The molecule has 140 valence electrons. The van der Waals surface area contributed by atoms with Gasteiger partial charge in [0.05, 0.1) is 10.7 Å². The van der Waals surface area contributed by atoms with Crippen molar-refractivity contribution in [3.05, 3.63) is 34.3 Å². The number of hydrogen-bond acceptors (Lipinski definition) is 4. The van der Waals surface area contributed by atoms with Crippen molar-refractivity contribution >= 4 is 41.3 Å². The van der Waals surface area contributed by atoms with Crippen molar-refractivity contribution in [2.45, 2.75) is 46.6 Å². The quantitative estimate of drug-likeness (QED) is 0.253. The molecule has 2 heterocycles. The number of thiazole rings is 1. The van der Waals surface area contributed by atoms with Gasteiger partial charge >= 0.3 is 0 Å². The van der Waals surface area contributed by atoms with Gasteiger partial charge in [0, 0.05) is 50.4 Å². The molecule has 2 rings (SSSR count). The van der Waals surface area contributed by atoms with E-state index >= 15 is 0 Å². The van der Waals surface area contributed by atoms with Gasteiger partial charge in [-0.25, -0.2) is 9.97 Å². The molecule has 8 heteroatoms. The zero-order chi connectivity index (χ0) is 17.2. The van der Waals surface area contributed by atoms with Crippen LogP contribution in [-0.2, 0) is 13.0 Å². The Balaban J connectivity index is 0.00000312. The van der Waals surface area contributed by atoms with Crippen LogP contribution in [0.25, 0.3) is 0 Å². The summed E-state index contributed by atoms with van der Waals surface area (Å²) >= 11 is 1.70. The van der Waals surface area contributed by atoms with Crippen molar-refractivity contribution in [1.29, 1.82) is 0 Å². The van der Waals surface area contributed by atoms with Crippen molar-refractivity contribution in [3.63, 3.8) is 0 Å². The van der Waals surface area contributed by atoms with Crippen molar-refractivity contribution in [2.24, 2.45) is 4.99 Å². The summed E-state index contributed by atoms with van der Waals surface area (Å²) in [6.45, 7) is 9.73. The SMILES string of the molecule is CCNC(=NCCCCn1ccnc1C)NCCc1csc(C)n1.I. The number of nitrogens with one attached hydrogen (secondary N) is 2. The molecule has 6 nitrogen and oxygen atoms in total. The van der Waals surface area contributed by atoms with Crippen LogP contribution >= 0.6 is 35.3 Å². The molecule has 0 aliphatic carbocycles. The Labute approximate surface area is 171 Å². The highest BCUT2D eigenvalue weighted by Crippen LogP contribution is 2.07. The first-order valence-electron chi connectivity index (χ1n) is 8.60. The van der Waals surface area contributed by atoms with E-state index < -0.39 is 0 Å². The molecule has 25 heavy (non-hydrogen) atoms. The molecule has 2 aromatic heterocycles. The van der Waals surface area contributed by atoms with E-state index in [1.165, 1.54) is 0 Å². The standard InChI is InChI=1S/C17H28N6S.HI/c1-4-18-17(21-9-7-16-13-24-15(3)22-16)20-8-5-6-11-23-12-10-19-14(23)2;/h10,12-13H,4-9,11H2,1-3H3,(H2,18,20,21);1H. The maximum atomic E-state index is 4.64. The number of rotatable bonds is 9. The van der Waals surface area contributed by atoms with Crippen molar-refractivity contribution in [3.8, 4) is 0 Å². The topological polar surface area (TPSA) is 67.1 Å². The van der Waals surface area contributed by atoms with Gasteiger partial charge in [-0.05, 0) is 33.6 Å². The van der Waals surface area contributed by atoms with Crippen LogP contribution in [0.5, 0.6) is 0 Å². The molecule has 0 fully saturated rings. The number of halogens is 1. The lowest BCUT2D eigenvalue weighted by Gasteiger charge is -2.10. The van der Waals surface area contributed by atoms with Crippen LogP contribution in [0.4, 0.5) is 0 Å². The molecule has 0 amide bonds. The molecular weight excluding hydrogens is 447 g/mol. The van der Waals surface area contributed by atoms with Crippen LogP contribution in [0.3, 0.4) is 0 Å². The number of aromatic nitrogens is 3. The van der Waals surface area contributed by atoms with Crippen LogP contribution in [0.2, 0.25) is 0 Å². The van der Waals surface area contributed by atoms with Gasteiger partial charge in [0.1, 0.15) is 5.82 Å². The molecule has 0 aliphatic heterocycles. The Morgan fingerprint density at radius 1 is 1.28 bits per heavy atom. The smallest absolute Gasteiger partial charge is 0.191 e. The summed E-state index contributed by atoms with van der Waals surface area (Å²) in [6.07, 6.45) is 6.99. The molecule has 0 radical (unpaired) electrons. The molecule has 2 aromatic rings. The van der Waals surface area contributed by atoms with E-state index in [0.717, 1.165) is 67.9 Å². The monoisotopic (exact) mass is 476 g/mol. The minimum atomic E-state index is 0. The maximum Gasteiger partial charge on any atom is 0.191 e. The van der Waals surface area contributed by atoms with E-state index in [1.807, 2.05) is 26.2 Å². The molecule has 0 aliphatic rings. The fourth-order valence-corrected chi connectivity index (χ4v) is 3.05. The summed E-state index contributed by atoms with van der Waals surface area (Å²) in [5, 5.41) is 9.92. The molecule has 0 saturated heterocycles. The Hall–Kier alpha value is -1.16. The number of nitrogens with zero attached hydrogens (tertiary/aromatic N) is 4. The molecule has 0 aromatic carbocycles. The number of guanidine groups is 1. The normalized spacial score (nSPS) is 11.2. The highest BCUT2D eigenvalue weighted by Gasteiger charge is 2.01. The van der Waals surface area contributed by atoms with Gasteiger partial charge < -0.3 is 15.2 Å². The second kappa shape index (κ2) is 12.2. The summed E-state index contributed by atoms with van der Waals surface area (Å²) in [6, 6.07) is 0. The van der Waals surface area contributed by atoms with Gasteiger partial charge in [0.15, 0.2) is 5.96 Å². The van der Waals surface area contributed by atoms with Crippen LogP contribution in [-0.4, -0.2) is 40.1 Å². The largest absolute Gasteiger partial charge is 0.357 e. The third kappa shape index (κ3) is 8.17. The minimum Gasteiger partial charge on any atom is -0.357 e. The van der Waals surface area contributed by atoms with Gasteiger partial charge in [0.25, 0.3) is 0 Å². The Morgan fingerprint density at radius 3 is 2.76 bits per heavy atom. The van der Waals surface area contributed by atoms with Gasteiger partial charge in [-0.1, -0.05) is 0 Å². The summed E-state index contributed by atoms with van der Waals surface area (Å²) in [7, 11) is 0. The summed E-state index contributed by atoms with van der Waals surface area (Å²) < 4.78 is 2.18.